The molecular formula is C15H19NO2. The molecule has 1 aromatic carbocycles. The molecule has 1 N–H and O–H groups in total. The van der Waals surface area contributed by atoms with Crippen molar-refractivity contribution >= 4 is 16.9 Å². The van der Waals surface area contributed by atoms with Gasteiger partial charge in [-0.2, -0.15) is 0 Å². The molecular weight excluding hydrogens is 226 g/mol. The number of amides is 1. The van der Waals surface area contributed by atoms with Gasteiger partial charge in [-0.15, -0.1) is 0 Å². The minimum Gasteiger partial charge on any atom is -0.464 e. The van der Waals surface area contributed by atoms with Crippen molar-refractivity contribution in [1.82, 2.24) is 5.32 Å². The lowest BCUT2D eigenvalue weighted by molar-refractivity contribution is -0.120. The van der Waals surface area contributed by atoms with Gasteiger partial charge in [-0.25, -0.2) is 0 Å². The molecule has 18 heavy (non-hydrogen) atoms. The average Bonchev–Trinajstić information content (AvgIpc) is 2.66. The largest absolute Gasteiger partial charge is 0.464 e. The van der Waals surface area contributed by atoms with Crippen molar-refractivity contribution in [1.29, 1.82) is 0 Å². The molecule has 0 radical (unpaired) electrons. The van der Waals surface area contributed by atoms with E-state index in [2.05, 4.69) is 18.3 Å². The maximum atomic E-state index is 11.8. The van der Waals surface area contributed by atoms with Crippen molar-refractivity contribution in [2.24, 2.45) is 0 Å². The van der Waals surface area contributed by atoms with Gasteiger partial charge >= 0.3 is 0 Å². The van der Waals surface area contributed by atoms with Crippen molar-refractivity contribution < 1.29 is 9.21 Å². The Kier molecular flexibility index (Phi) is 3.41. The predicted molar refractivity (Wildman–Crippen MR) is 72.7 cm³/mol. The predicted octanol–water partition coefficient (Wildman–Crippen LogP) is 3.12. The molecule has 0 unspecified atom stereocenters. The van der Waals surface area contributed by atoms with Crippen LogP contribution in [-0.2, 0) is 11.2 Å². The summed E-state index contributed by atoms with van der Waals surface area (Å²) < 4.78 is 5.59. The van der Waals surface area contributed by atoms with Gasteiger partial charge in [0.05, 0.1) is 12.7 Å². The van der Waals surface area contributed by atoms with Crippen LogP contribution in [0.1, 0.15) is 30.5 Å². The van der Waals surface area contributed by atoms with Crippen LogP contribution < -0.4 is 5.32 Å². The number of carbonyl (C=O) groups excluding carboxylic acids is 1. The Hall–Kier alpha value is -1.77. The molecule has 1 heterocycles. The SMILES string of the molecule is Cc1ccc2c(CC(=O)NC(C)C)coc2c1C. The second-order valence-corrected chi connectivity index (χ2v) is 5.04. The molecule has 3 nitrogen and oxygen atoms in total. The van der Waals surface area contributed by atoms with Crippen LogP contribution >= 0.6 is 0 Å². The molecule has 0 atom stereocenters. The quantitative estimate of drug-likeness (QED) is 0.902. The monoisotopic (exact) mass is 245 g/mol. The number of furan rings is 1. The molecule has 2 aromatic rings. The third-order valence-electron chi connectivity index (χ3n) is 3.14. The zero-order chi connectivity index (χ0) is 13.3. The zero-order valence-electron chi connectivity index (χ0n) is 11.3. The average molecular weight is 245 g/mol. The standard InChI is InChI=1S/C15H19NO2/c1-9(2)16-14(17)7-12-8-18-15-11(4)10(3)5-6-13(12)15/h5-6,8-9H,7H2,1-4H3,(H,16,17). The minimum absolute atomic E-state index is 0.0333. The number of hydrogen-bond acceptors (Lipinski definition) is 2. The Labute approximate surface area is 107 Å². The van der Waals surface area contributed by atoms with Gasteiger partial charge in [0.1, 0.15) is 5.58 Å². The van der Waals surface area contributed by atoms with Gasteiger partial charge in [-0.05, 0) is 38.8 Å². The first-order valence-electron chi connectivity index (χ1n) is 6.24. The third-order valence-corrected chi connectivity index (χ3v) is 3.14. The van der Waals surface area contributed by atoms with Gasteiger partial charge < -0.3 is 9.73 Å². The van der Waals surface area contributed by atoms with Crippen molar-refractivity contribution in [3.8, 4) is 0 Å². The fraction of sp³-hybridized carbons (Fsp3) is 0.400. The lowest BCUT2D eigenvalue weighted by atomic mass is 10.0. The van der Waals surface area contributed by atoms with E-state index in [4.69, 9.17) is 4.42 Å². The molecule has 96 valence electrons. The summed E-state index contributed by atoms with van der Waals surface area (Å²) in [5.74, 6) is 0.0333. The first-order valence-corrected chi connectivity index (χ1v) is 6.24. The highest BCUT2D eigenvalue weighted by Crippen LogP contribution is 2.26. The molecule has 3 heteroatoms. The number of carbonyl (C=O) groups is 1. The molecule has 0 saturated heterocycles. The summed E-state index contributed by atoms with van der Waals surface area (Å²) in [6, 6.07) is 4.26. The van der Waals surface area contributed by atoms with Crippen LogP contribution in [0, 0.1) is 13.8 Å². The smallest absolute Gasteiger partial charge is 0.224 e. The van der Waals surface area contributed by atoms with E-state index in [0.29, 0.717) is 6.42 Å². The van der Waals surface area contributed by atoms with E-state index < -0.39 is 0 Å². The molecule has 0 saturated carbocycles. The summed E-state index contributed by atoms with van der Waals surface area (Å²) >= 11 is 0. The highest BCUT2D eigenvalue weighted by atomic mass is 16.3. The number of benzene rings is 1. The number of fused-ring (bicyclic) bond motifs is 1. The Bertz CT molecular complexity index is 581. The molecule has 0 fully saturated rings. The maximum absolute atomic E-state index is 11.8. The van der Waals surface area contributed by atoms with Gasteiger partial charge in [-0.3, -0.25) is 4.79 Å². The first-order chi connectivity index (χ1) is 8.49. The van der Waals surface area contributed by atoms with Gasteiger partial charge in [0.25, 0.3) is 0 Å². The van der Waals surface area contributed by atoms with E-state index in [1.807, 2.05) is 26.8 Å². The van der Waals surface area contributed by atoms with Crippen LogP contribution in [0.5, 0.6) is 0 Å². The second kappa shape index (κ2) is 4.84. The van der Waals surface area contributed by atoms with Crippen LogP contribution in [0.2, 0.25) is 0 Å². The first kappa shape index (κ1) is 12.7. The Morgan fingerprint density at radius 1 is 1.33 bits per heavy atom. The second-order valence-electron chi connectivity index (χ2n) is 5.04. The molecule has 2 rings (SSSR count). The van der Waals surface area contributed by atoms with Crippen LogP contribution in [-0.4, -0.2) is 11.9 Å². The van der Waals surface area contributed by atoms with Crippen LogP contribution in [0.3, 0.4) is 0 Å². The summed E-state index contributed by atoms with van der Waals surface area (Å²) in [5.41, 5.74) is 4.19. The molecule has 0 aliphatic carbocycles. The van der Waals surface area contributed by atoms with Gasteiger partial charge in [0.2, 0.25) is 5.91 Å². The van der Waals surface area contributed by atoms with E-state index in [9.17, 15) is 4.79 Å². The number of aryl methyl sites for hydroxylation is 2. The lowest BCUT2D eigenvalue weighted by Gasteiger charge is -2.07. The highest BCUT2D eigenvalue weighted by Gasteiger charge is 2.13. The summed E-state index contributed by atoms with van der Waals surface area (Å²) in [6.07, 6.45) is 2.06. The Morgan fingerprint density at radius 2 is 2.06 bits per heavy atom. The number of nitrogens with one attached hydrogen (secondary N) is 1. The lowest BCUT2D eigenvalue weighted by Crippen LogP contribution is -2.31. The number of hydrogen-bond donors (Lipinski definition) is 1. The van der Waals surface area contributed by atoms with E-state index in [1.165, 1.54) is 5.56 Å². The Balaban J connectivity index is 2.30. The van der Waals surface area contributed by atoms with Crippen molar-refractivity contribution in [2.75, 3.05) is 0 Å². The normalized spacial score (nSPS) is 11.2. The van der Waals surface area contributed by atoms with Gasteiger partial charge in [0.15, 0.2) is 0 Å². The molecule has 1 aromatic heterocycles. The highest BCUT2D eigenvalue weighted by molar-refractivity contribution is 5.89. The van der Waals surface area contributed by atoms with Gasteiger partial charge in [0, 0.05) is 17.0 Å². The van der Waals surface area contributed by atoms with Crippen LogP contribution in [0.15, 0.2) is 22.8 Å². The Morgan fingerprint density at radius 3 is 2.72 bits per heavy atom. The fourth-order valence-electron chi connectivity index (χ4n) is 2.07. The summed E-state index contributed by atoms with van der Waals surface area (Å²) in [5, 5.41) is 3.93. The molecule has 1 amide bonds. The summed E-state index contributed by atoms with van der Waals surface area (Å²) in [7, 11) is 0. The van der Waals surface area contributed by atoms with E-state index in [-0.39, 0.29) is 11.9 Å². The topological polar surface area (TPSA) is 42.2 Å². The van der Waals surface area contributed by atoms with Crippen molar-refractivity contribution in [3.63, 3.8) is 0 Å². The molecule has 0 aliphatic rings. The third kappa shape index (κ3) is 2.40. The summed E-state index contributed by atoms with van der Waals surface area (Å²) in [4.78, 5) is 11.8. The zero-order valence-corrected chi connectivity index (χ0v) is 11.3. The van der Waals surface area contributed by atoms with E-state index in [1.54, 1.807) is 6.26 Å². The summed E-state index contributed by atoms with van der Waals surface area (Å²) in [6.45, 7) is 8.01. The van der Waals surface area contributed by atoms with Crippen LogP contribution in [0.25, 0.3) is 11.0 Å². The van der Waals surface area contributed by atoms with Crippen molar-refractivity contribution in [3.05, 3.63) is 35.1 Å². The number of rotatable bonds is 3. The van der Waals surface area contributed by atoms with Gasteiger partial charge in [-0.1, -0.05) is 12.1 Å². The van der Waals surface area contributed by atoms with E-state index in [0.717, 1.165) is 22.1 Å². The molecule has 0 aliphatic heterocycles. The minimum atomic E-state index is 0.0333. The van der Waals surface area contributed by atoms with Crippen molar-refractivity contribution in [2.45, 2.75) is 40.2 Å². The van der Waals surface area contributed by atoms with Crippen LogP contribution in [0.4, 0.5) is 0 Å². The maximum Gasteiger partial charge on any atom is 0.224 e. The fourth-order valence-corrected chi connectivity index (χ4v) is 2.07. The van der Waals surface area contributed by atoms with E-state index >= 15 is 0 Å². The molecule has 0 bridgehead atoms. The molecule has 0 spiro atoms.